The highest BCUT2D eigenvalue weighted by molar-refractivity contribution is 9.10. The number of aromatic nitrogens is 2. The van der Waals surface area contributed by atoms with E-state index in [-0.39, 0.29) is 11.9 Å². The Morgan fingerprint density at radius 2 is 2.28 bits per heavy atom. The zero-order valence-corrected chi connectivity index (χ0v) is 11.9. The highest BCUT2D eigenvalue weighted by Crippen LogP contribution is 2.22. The molecule has 0 aliphatic rings. The molecule has 0 aliphatic heterocycles. The maximum atomic E-state index is 13.7. The second-order valence-corrected chi connectivity index (χ2v) is 5.13. The maximum absolute atomic E-state index is 13.7. The molecule has 1 heterocycles. The van der Waals surface area contributed by atoms with Crippen LogP contribution in [-0.2, 0) is 13.5 Å². The average Bonchev–Trinajstić information content (AvgIpc) is 2.77. The number of imidazole rings is 1. The van der Waals surface area contributed by atoms with Gasteiger partial charge in [-0.3, -0.25) is 0 Å². The van der Waals surface area contributed by atoms with Crippen LogP contribution < -0.4 is 5.32 Å². The fraction of sp³-hybridized carbons (Fsp3) is 0.308. The summed E-state index contributed by atoms with van der Waals surface area (Å²) in [7, 11) is 3.80. The number of hydrogen-bond acceptors (Lipinski definition) is 2. The van der Waals surface area contributed by atoms with Crippen molar-refractivity contribution in [3.8, 4) is 0 Å². The number of nitrogens with one attached hydrogen (secondary N) is 1. The molecule has 1 unspecified atom stereocenters. The minimum Gasteiger partial charge on any atom is -0.336 e. The van der Waals surface area contributed by atoms with Crippen molar-refractivity contribution in [2.75, 3.05) is 7.05 Å². The monoisotopic (exact) mass is 311 g/mol. The van der Waals surface area contributed by atoms with E-state index in [9.17, 15) is 4.39 Å². The first kappa shape index (κ1) is 13.2. The SMILES string of the molecule is CNC(Cc1cc(Br)ccc1F)c1cncn1C. The molecule has 18 heavy (non-hydrogen) atoms. The highest BCUT2D eigenvalue weighted by atomic mass is 79.9. The van der Waals surface area contributed by atoms with E-state index in [2.05, 4.69) is 26.2 Å². The lowest BCUT2D eigenvalue weighted by Crippen LogP contribution is -2.21. The summed E-state index contributed by atoms with van der Waals surface area (Å²) in [5, 5.41) is 3.20. The molecule has 0 saturated carbocycles. The van der Waals surface area contributed by atoms with Crippen LogP contribution in [0.15, 0.2) is 35.2 Å². The Kier molecular flexibility index (Phi) is 4.14. The van der Waals surface area contributed by atoms with Gasteiger partial charge in [0.2, 0.25) is 0 Å². The molecule has 0 bridgehead atoms. The quantitative estimate of drug-likeness (QED) is 0.941. The molecule has 5 heteroatoms. The van der Waals surface area contributed by atoms with E-state index in [1.165, 1.54) is 6.07 Å². The molecule has 0 amide bonds. The molecule has 0 fully saturated rings. The van der Waals surface area contributed by atoms with E-state index in [0.29, 0.717) is 12.0 Å². The maximum Gasteiger partial charge on any atom is 0.126 e. The minimum atomic E-state index is -0.180. The Morgan fingerprint density at radius 3 is 2.89 bits per heavy atom. The number of nitrogens with zero attached hydrogens (tertiary/aromatic N) is 2. The number of halogens is 2. The summed E-state index contributed by atoms with van der Waals surface area (Å²) in [5.74, 6) is -0.180. The van der Waals surface area contributed by atoms with Crippen LogP contribution in [0.4, 0.5) is 4.39 Å². The molecule has 2 rings (SSSR count). The molecule has 1 N–H and O–H groups in total. The molecule has 1 aromatic carbocycles. The van der Waals surface area contributed by atoms with Gasteiger partial charge in [0.1, 0.15) is 5.82 Å². The molecule has 1 atom stereocenters. The van der Waals surface area contributed by atoms with E-state index < -0.39 is 0 Å². The van der Waals surface area contributed by atoms with Gasteiger partial charge in [0.05, 0.1) is 18.1 Å². The number of likely N-dealkylation sites (N-methyl/N-ethyl adjacent to an activating group) is 1. The number of benzene rings is 1. The predicted octanol–water partition coefficient (Wildman–Crippen LogP) is 2.82. The van der Waals surface area contributed by atoms with Gasteiger partial charge in [0.25, 0.3) is 0 Å². The van der Waals surface area contributed by atoms with Crippen molar-refractivity contribution in [3.05, 3.63) is 52.3 Å². The molecule has 0 saturated heterocycles. The minimum absolute atomic E-state index is 0.0429. The first-order valence-electron chi connectivity index (χ1n) is 5.69. The summed E-state index contributed by atoms with van der Waals surface area (Å²) in [6.45, 7) is 0. The van der Waals surface area contributed by atoms with Crippen molar-refractivity contribution >= 4 is 15.9 Å². The van der Waals surface area contributed by atoms with Crippen molar-refractivity contribution in [2.45, 2.75) is 12.5 Å². The van der Waals surface area contributed by atoms with Crippen LogP contribution in [0.3, 0.4) is 0 Å². The zero-order chi connectivity index (χ0) is 13.1. The van der Waals surface area contributed by atoms with Gasteiger partial charge >= 0.3 is 0 Å². The second kappa shape index (κ2) is 5.63. The molecule has 0 radical (unpaired) electrons. The standard InChI is InChI=1S/C13H15BrFN3/c1-16-12(13-7-17-8-18(13)2)6-9-5-10(14)3-4-11(9)15/h3-5,7-8,12,16H,6H2,1-2H3. The first-order valence-corrected chi connectivity index (χ1v) is 6.48. The number of hydrogen-bond donors (Lipinski definition) is 1. The lowest BCUT2D eigenvalue weighted by atomic mass is 10.0. The molecule has 96 valence electrons. The molecule has 0 aliphatic carbocycles. The van der Waals surface area contributed by atoms with Crippen LogP contribution in [0.25, 0.3) is 0 Å². The van der Waals surface area contributed by atoms with Crippen molar-refractivity contribution in [1.29, 1.82) is 0 Å². The summed E-state index contributed by atoms with van der Waals surface area (Å²) in [6, 6.07) is 5.05. The van der Waals surface area contributed by atoms with Crippen molar-refractivity contribution in [2.24, 2.45) is 7.05 Å². The fourth-order valence-electron chi connectivity index (χ4n) is 1.98. The van der Waals surface area contributed by atoms with Gasteiger partial charge in [-0.15, -0.1) is 0 Å². The third-order valence-electron chi connectivity index (χ3n) is 2.99. The van der Waals surface area contributed by atoms with E-state index >= 15 is 0 Å². The molecule has 3 nitrogen and oxygen atoms in total. The van der Waals surface area contributed by atoms with Gasteiger partial charge in [-0.25, -0.2) is 9.37 Å². The van der Waals surface area contributed by atoms with Crippen LogP contribution in [0.1, 0.15) is 17.3 Å². The first-order chi connectivity index (χ1) is 8.61. The van der Waals surface area contributed by atoms with Crippen LogP contribution in [-0.4, -0.2) is 16.6 Å². The Labute approximate surface area is 114 Å². The number of aryl methyl sites for hydroxylation is 1. The summed E-state index contributed by atoms with van der Waals surface area (Å²) in [6.07, 6.45) is 4.13. The van der Waals surface area contributed by atoms with Crippen LogP contribution in [0.2, 0.25) is 0 Å². The topological polar surface area (TPSA) is 29.9 Å². The van der Waals surface area contributed by atoms with Gasteiger partial charge in [-0.2, -0.15) is 0 Å². The number of rotatable bonds is 4. The molecule has 2 aromatic rings. The average molecular weight is 312 g/mol. The van der Waals surface area contributed by atoms with Gasteiger partial charge in [0.15, 0.2) is 0 Å². The van der Waals surface area contributed by atoms with Crippen LogP contribution in [0, 0.1) is 5.82 Å². The fourth-order valence-corrected chi connectivity index (χ4v) is 2.39. The van der Waals surface area contributed by atoms with E-state index in [4.69, 9.17) is 0 Å². The molecular weight excluding hydrogens is 297 g/mol. The van der Waals surface area contributed by atoms with E-state index in [1.54, 1.807) is 18.6 Å². The summed E-state index contributed by atoms with van der Waals surface area (Å²) in [5.41, 5.74) is 1.72. The van der Waals surface area contributed by atoms with Crippen LogP contribution >= 0.6 is 15.9 Å². The summed E-state index contributed by atoms with van der Waals surface area (Å²) < 4.78 is 16.6. The molecular formula is C13H15BrFN3. The zero-order valence-electron chi connectivity index (χ0n) is 10.3. The lowest BCUT2D eigenvalue weighted by Gasteiger charge is -2.17. The van der Waals surface area contributed by atoms with Crippen LogP contribution in [0.5, 0.6) is 0 Å². The summed E-state index contributed by atoms with van der Waals surface area (Å²) >= 11 is 3.37. The van der Waals surface area contributed by atoms with Gasteiger partial charge in [-0.1, -0.05) is 15.9 Å². The summed E-state index contributed by atoms with van der Waals surface area (Å²) in [4.78, 5) is 4.09. The highest BCUT2D eigenvalue weighted by Gasteiger charge is 2.15. The second-order valence-electron chi connectivity index (χ2n) is 4.21. The molecule has 1 aromatic heterocycles. The Balaban J connectivity index is 2.26. The molecule has 0 spiro atoms. The Bertz CT molecular complexity index is 539. The largest absolute Gasteiger partial charge is 0.336 e. The Hall–Kier alpha value is -1.20. The smallest absolute Gasteiger partial charge is 0.126 e. The van der Waals surface area contributed by atoms with Gasteiger partial charge in [-0.05, 0) is 37.2 Å². The van der Waals surface area contributed by atoms with Crippen molar-refractivity contribution in [3.63, 3.8) is 0 Å². The van der Waals surface area contributed by atoms with E-state index in [0.717, 1.165) is 10.2 Å². The van der Waals surface area contributed by atoms with Crippen molar-refractivity contribution < 1.29 is 4.39 Å². The third kappa shape index (κ3) is 2.79. The Morgan fingerprint density at radius 1 is 1.50 bits per heavy atom. The normalized spacial score (nSPS) is 12.7. The lowest BCUT2D eigenvalue weighted by molar-refractivity contribution is 0.531. The van der Waals surface area contributed by atoms with Gasteiger partial charge in [0, 0.05) is 17.7 Å². The van der Waals surface area contributed by atoms with Gasteiger partial charge < -0.3 is 9.88 Å². The van der Waals surface area contributed by atoms with E-state index in [1.807, 2.05) is 24.7 Å². The third-order valence-corrected chi connectivity index (χ3v) is 3.48. The van der Waals surface area contributed by atoms with Crippen molar-refractivity contribution in [1.82, 2.24) is 14.9 Å². The predicted molar refractivity (Wildman–Crippen MR) is 72.8 cm³/mol.